The summed E-state index contributed by atoms with van der Waals surface area (Å²) in [5.41, 5.74) is 1.51. The van der Waals surface area contributed by atoms with E-state index < -0.39 is 11.9 Å². The summed E-state index contributed by atoms with van der Waals surface area (Å²) in [5.74, 6) is -1.36. The molecule has 0 unspecified atom stereocenters. The Labute approximate surface area is 117 Å². The van der Waals surface area contributed by atoms with Gasteiger partial charge in [0.05, 0.1) is 17.3 Å². The van der Waals surface area contributed by atoms with Crippen molar-refractivity contribution in [1.29, 1.82) is 0 Å². The molecule has 1 aliphatic heterocycles. The summed E-state index contributed by atoms with van der Waals surface area (Å²) in [5, 5.41) is 16.2. The van der Waals surface area contributed by atoms with Crippen LogP contribution in [0.15, 0.2) is 6.20 Å². The Kier molecular flexibility index (Phi) is 3.96. The minimum absolute atomic E-state index is 0.0298. The number of aromatic nitrogens is 2. The molecular weight excluding hydrogens is 260 g/mol. The maximum absolute atomic E-state index is 12.2. The van der Waals surface area contributed by atoms with Crippen LogP contribution in [0.2, 0.25) is 0 Å². The Balaban J connectivity index is 2.04. The molecule has 1 aromatic rings. The monoisotopic (exact) mass is 280 g/mol. The summed E-state index contributed by atoms with van der Waals surface area (Å²) < 4.78 is 1.65. The van der Waals surface area contributed by atoms with Crippen LogP contribution in [0.4, 0.5) is 10.5 Å². The molecule has 0 radical (unpaired) electrons. The van der Waals surface area contributed by atoms with E-state index in [0.717, 1.165) is 12.1 Å². The number of carbonyl (C=O) groups is 2. The fraction of sp³-hybridized carbons (Fsp3) is 0.615. The predicted octanol–water partition coefficient (Wildman–Crippen LogP) is 1.17. The Hall–Kier alpha value is -2.05. The van der Waals surface area contributed by atoms with Gasteiger partial charge in [0, 0.05) is 26.3 Å². The number of carboxylic acids is 1. The third-order valence-corrected chi connectivity index (χ3v) is 3.70. The highest BCUT2D eigenvalue weighted by atomic mass is 16.4. The van der Waals surface area contributed by atoms with Crippen molar-refractivity contribution in [2.75, 3.05) is 18.4 Å². The molecule has 2 amide bonds. The molecule has 2 heterocycles. The molecule has 0 saturated carbocycles. The number of nitrogens with zero attached hydrogens (tertiary/aromatic N) is 3. The Morgan fingerprint density at radius 1 is 1.50 bits per heavy atom. The van der Waals surface area contributed by atoms with Crippen molar-refractivity contribution >= 4 is 17.7 Å². The standard InChI is InChI=1S/C13H20N4O3/c1-4-10-11(7-16(3)15-10)14-13(20)17-5-8(2)9(6-17)12(18)19/h7-9H,4-6H2,1-3H3,(H,14,20)(H,18,19)/t8-,9-/m1/s1. The van der Waals surface area contributed by atoms with Gasteiger partial charge in [0.25, 0.3) is 0 Å². The van der Waals surface area contributed by atoms with Crippen molar-refractivity contribution in [1.82, 2.24) is 14.7 Å². The van der Waals surface area contributed by atoms with Crippen molar-refractivity contribution in [2.24, 2.45) is 18.9 Å². The quantitative estimate of drug-likeness (QED) is 0.870. The van der Waals surface area contributed by atoms with Gasteiger partial charge in [-0.2, -0.15) is 5.10 Å². The second-order valence-corrected chi connectivity index (χ2v) is 5.27. The first-order valence-corrected chi connectivity index (χ1v) is 6.73. The van der Waals surface area contributed by atoms with Crippen LogP contribution in [0.1, 0.15) is 19.5 Å². The van der Waals surface area contributed by atoms with Crippen molar-refractivity contribution in [2.45, 2.75) is 20.3 Å². The summed E-state index contributed by atoms with van der Waals surface area (Å²) >= 11 is 0. The lowest BCUT2D eigenvalue weighted by Gasteiger charge is -2.16. The zero-order valence-corrected chi connectivity index (χ0v) is 12.0. The molecule has 110 valence electrons. The molecule has 0 aliphatic carbocycles. The second kappa shape index (κ2) is 5.52. The van der Waals surface area contributed by atoms with Gasteiger partial charge in [-0.1, -0.05) is 13.8 Å². The van der Waals surface area contributed by atoms with Gasteiger partial charge in [-0.15, -0.1) is 0 Å². The van der Waals surface area contributed by atoms with Crippen LogP contribution in [0.5, 0.6) is 0 Å². The van der Waals surface area contributed by atoms with E-state index >= 15 is 0 Å². The third-order valence-electron chi connectivity index (χ3n) is 3.70. The number of aryl methyl sites for hydroxylation is 2. The van der Waals surface area contributed by atoms with E-state index in [0.29, 0.717) is 12.2 Å². The number of hydrogen-bond acceptors (Lipinski definition) is 3. The highest BCUT2D eigenvalue weighted by Gasteiger charge is 2.37. The van der Waals surface area contributed by atoms with E-state index in [1.54, 1.807) is 22.8 Å². The molecule has 2 rings (SSSR count). The molecule has 7 nitrogen and oxygen atoms in total. The molecule has 2 atom stereocenters. The SMILES string of the molecule is CCc1nn(C)cc1NC(=O)N1C[C@@H](C)[C@H](C(=O)O)C1. The molecule has 0 aromatic carbocycles. The fourth-order valence-corrected chi connectivity index (χ4v) is 2.55. The van der Waals surface area contributed by atoms with Gasteiger partial charge in [-0.25, -0.2) is 4.79 Å². The van der Waals surface area contributed by atoms with Crippen LogP contribution in [0, 0.1) is 11.8 Å². The van der Waals surface area contributed by atoms with Crippen LogP contribution in [-0.2, 0) is 18.3 Å². The molecule has 1 saturated heterocycles. The molecule has 1 fully saturated rings. The highest BCUT2D eigenvalue weighted by Crippen LogP contribution is 2.24. The first-order chi connectivity index (χ1) is 9.42. The van der Waals surface area contributed by atoms with Crippen LogP contribution in [0.3, 0.4) is 0 Å². The molecule has 1 aromatic heterocycles. The van der Waals surface area contributed by atoms with Gasteiger partial charge < -0.3 is 15.3 Å². The number of carbonyl (C=O) groups excluding carboxylic acids is 1. The Morgan fingerprint density at radius 2 is 2.20 bits per heavy atom. The number of nitrogens with one attached hydrogen (secondary N) is 1. The first-order valence-electron chi connectivity index (χ1n) is 6.73. The smallest absolute Gasteiger partial charge is 0.321 e. The van der Waals surface area contributed by atoms with Crippen molar-refractivity contribution in [3.8, 4) is 0 Å². The topological polar surface area (TPSA) is 87.5 Å². The zero-order valence-electron chi connectivity index (χ0n) is 12.0. The van der Waals surface area contributed by atoms with E-state index in [9.17, 15) is 9.59 Å². The largest absolute Gasteiger partial charge is 0.481 e. The lowest BCUT2D eigenvalue weighted by atomic mass is 9.99. The van der Waals surface area contributed by atoms with Crippen LogP contribution in [0.25, 0.3) is 0 Å². The summed E-state index contributed by atoms with van der Waals surface area (Å²) in [4.78, 5) is 24.8. The molecule has 0 spiro atoms. The average Bonchev–Trinajstić information content (AvgIpc) is 2.92. The molecule has 2 N–H and O–H groups in total. The molecule has 1 aliphatic rings. The Morgan fingerprint density at radius 3 is 2.75 bits per heavy atom. The van der Waals surface area contributed by atoms with E-state index in [1.807, 2.05) is 13.8 Å². The number of carboxylic acid groups (broad SMARTS) is 1. The second-order valence-electron chi connectivity index (χ2n) is 5.27. The van der Waals surface area contributed by atoms with E-state index in [2.05, 4.69) is 10.4 Å². The molecule has 7 heteroatoms. The third kappa shape index (κ3) is 2.76. The number of hydrogen-bond donors (Lipinski definition) is 2. The molecule has 0 bridgehead atoms. The van der Waals surface area contributed by atoms with Gasteiger partial charge in [0.15, 0.2) is 0 Å². The zero-order chi connectivity index (χ0) is 14.9. The summed E-state index contributed by atoms with van der Waals surface area (Å²) in [6.07, 6.45) is 2.48. The maximum atomic E-state index is 12.2. The van der Waals surface area contributed by atoms with Gasteiger partial charge >= 0.3 is 12.0 Å². The number of urea groups is 1. The van der Waals surface area contributed by atoms with Crippen LogP contribution >= 0.6 is 0 Å². The van der Waals surface area contributed by atoms with E-state index in [1.165, 1.54) is 0 Å². The first kappa shape index (κ1) is 14.4. The minimum atomic E-state index is -0.844. The predicted molar refractivity (Wildman–Crippen MR) is 73.5 cm³/mol. The number of amides is 2. The summed E-state index contributed by atoms with van der Waals surface area (Å²) in [6, 6.07) is -0.261. The average molecular weight is 280 g/mol. The summed E-state index contributed by atoms with van der Waals surface area (Å²) in [7, 11) is 1.80. The lowest BCUT2D eigenvalue weighted by Crippen LogP contribution is -2.34. The lowest BCUT2D eigenvalue weighted by molar-refractivity contribution is -0.142. The van der Waals surface area contributed by atoms with E-state index in [4.69, 9.17) is 5.11 Å². The normalized spacial score (nSPS) is 22.1. The van der Waals surface area contributed by atoms with Crippen LogP contribution in [-0.4, -0.2) is 44.9 Å². The van der Waals surface area contributed by atoms with Gasteiger partial charge in [-0.3, -0.25) is 9.48 Å². The van der Waals surface area contributed by atoms with Gasteiger partial charge in [-0.05, 0) is 12.3 Å². The van der Waals surface area contributed by atoms with Gasteiger partial charge in [0.1, 0.15) is 0 Å². The number of aliphatic carboxylic acids is 1. The summed E-state index contributed by atoms with van der Waals surface area (Å²) in [6.45, 7) is 4.54. The molecule has 20 heavy (non-hydrogen) atoms. The number of likely N-dealkylation sites (tertiary alicyclic amines) is 1. The highest BCUT2D eigenvalue weighted by molar-refractivity contribution is 5.90. The van der Waals surface area contributed by atoms with E-state index in [-0.39, 0.29) is 18.5 Å². The fourth-order valence-electron chi connectivity index (χ4n) is 2.55. The number of rotatable bonds is 3. The van der Waals surface area contributed by atoms with Crippen LogP contribution < -0.4 is 5.32 Å². The minimum Gasteiger partial charge on any atom is -0.481 e. The van der Waals surface area contributed by atoms with Crippen molar-refractivity contribution in [3.63, 3.8) is 0 Å². The van der Waals surface area contributed by atoms with Crippen molar-refractivity contribution in [3.05, 3.63) is 11.9 Å². The molecular formula is C13H20N4O3. The van der Waals surface area contributed by atoms with Gasteiger partial charge in [0.2, 0.25) is 0 Å². The number of anilines is 1. The Bertz CT molecular complexity index is 526. The maximum Gasteiger partial charge on any atom is 0.321 e. The van der Waals surface area contributed by atoms with Crippen molar-refractivity contribution < 1.29 is 14.7 Å².